The zero-order chi connectivity index (χ0) is 13.5. The van der Waals surface area contributed by atoms with Gasteiger partial charge in [0.2, 0.25) is 0 Å². The van der Waals surface area contributed by atoms with Gasteiger partial charge in [0.15, 0.2) is 0 Å². The van der Waals surface area contributed by atoms with Crippen molar-refractivity contribution in [2.75, 3.05) is 0 Å². The Labute approximate surface area is 105 Å². The Morgan fingerprint density at radius 3 is 2.50 bits per heavy atom. The molecule has 1 N–H and O–H groups in total. The number of hydrogen-bond donors (Lipinski definition) is 1. The van der Waals surface area contributed by atoms with Crippen molar-refractivity contribution in [2.24, 2.45) is 0 Å². The van der Waals surface area contributed by atoms with Gasteiger partial charge in [0.1, 0.15) is 11.4 Å². The van der Waals surface area contributed by atoms with Crippen molar-refractivity contribution >= 4 is 11.6 Å². The number of aromatic nitrogens is 2. The van der Waals surface area contributed by atoms with E-state index in [1.165, 1.54) is 25.1 Å². The number of rotatable bonds is 1. The second-order valence-electron chi connectivity index (χ2n) is 3.72. The van der Waals surface area contributed by atoms with Crippen LogP contribution >= 0.6 is 11.6 Å². The topological polar surface area (TPSA) is 38.0 Å². The lowest BCUT2D eigenvalue weighted by atomic mass is 10.3. The van der Waals surface area contributed by atoms with Crippen LogP contribution in [0, 0.1) is 6.92 Å². The van der Waals surface area contributed by atoms with Crippen LogP contribution in [0.15, 0.2) is 24.3 Å². The summed E-state index contributed by atoms with van der Waals surface area (Å²) in [6, 6.07) is 4.69. The first-order chi connectivity index (χ1) is 8.29. The van der Waals surface area contributed by atoms with Crippen molar-refractivity contribution < 1.29 is 18.3 Å². The van der Waals surface area contributed by atoms with Crippen molar-refractivity contribution in [1.82, 2.24) is 9.78 Å². The van der Waals surface area contributed by atoms with E-state index in [1.807, 2.05) is 0 Å². The Hall–Kier alpha value is -1.69. The van der Waals surface area contributed by atoms with Gasteiger partial charge in [-0.15, -0.1) is 0 Å². The molecule has 0 atom stereocenters. The molecule has 0 aliphatic rings. The molecule has 0 saturated heterocycles. The molecule has 0 radical (unpaired) electrons. The van der Waals surface area contributed by atoms with Gasteiger partial charge in [-0.05, 0) is 31.2 Å². The number of aromatic hydroxyl groups is 1. The molecule has 0 aliphatic heterocycles. The normalized spacial score (nSPS) is 11.8. The van der Waals surface area contributed by atoms with E-state index >= 15 is 0 Å². The monoisotopic (exact) mass is 276 g/mol. The first kappa shape index (κ1) is 12.8. The maximum Gasteiger partial charge on any atom is 0.433 e. The molecule has 0 saturated carbocycles. The van der Waals surface area contributed by atoms with Crippen molar-refractivity contribution in [3.8, 4) is 11.4 Å². The number of phenols is 1. The second-order valence-corrected chi connectivity index (χ2v) is 4.12. The second kappa shape index (κ2) is 4.20. The average molecular weight is 277 g/mol. The van der Waals surface area contributed by atoms with Crippen LogP contribution in [0.4, 0.5) is 13.2 Å². The highest BCUT2D eigenvalue weighted by atomic mass is 35.5. The van der Waals surface area contributed by atoms with Crippen LogP contribution in [-0.2, 0) is 6.18 Å². The number of hydrogen-bond acceptors (Lipinski definition) is 2. The molecule has 1 aromatic heterocycles. The molecule has 0 unspecified atom stereocenters. The highest BCUT2D eigenvalue weighted by Gasteiger charge is 2.35. The van der Waals surface area contributed by atoms with E-state index < -0.39 is 11.9 Å². The van der Waals surface area contributed by atoms with E-state index in [2.05, 4.69) is 5.10 Å². The Bertz CT molecular complexity index is 592. The maximum absolute atomic E-state index is 12.8. The molecule has 18 heavy (non-hydrogen) atoms. The van der Waals surface area contributed by atoms with Gasteiger partial charge in [-0.2, -0.15) is 18.3 Å². The minimum atomic E-state index is -4.51. The Kier molecular flexibility index (Phi) is 2.98. The van der Waals surface area contributed by atoms with Gasteiger partial charge >= 0.3 is 6.18 Å². The number of benzene rings is 1. The maximum atomic E-state index is 12.8. The third-order valence-corrected chi connectivity index (χ3v) is 2.60. The summed E-state index contributed by atoms with van der Waals surface area (Å²) in [5, 5.41) is 13.0. The highest BCUT2D eigenvalue weighted by molar-refractivity contribution is 6.32. The summed E-state index contributed by atoms with van der Waals surface area (Å²) in [6.07, 6.45) is -4.51. The lowest BCUT2D eigenvalue weighted by Crippen LogP contribution is -2.13. The summed E-state index contributed by atoms with van der Waals surface area (Å²) in [5.41, 5.74) is -0.508. The third kappa shape index (κ3) is 2.28. The fourth-order valence-electron chi connectivity index (χ4n) is 1.53. The van der Waals surface area contributed by atoms with E-state index in [9.17, 15) is 18.3 Å². The molecular formula is C11H8ClF3N2O. The van der Waals surface area contributed by atoms with Gasteiger partial charge in [-0.3, -0.25) is 0 Å². The van der Waals surface area contributed by atoms with Gasteiger partial charge in [-0.1, -0.05) is 11.6 Å². The number of phenolic OH excluding ortho intramolecular Hbond substituents is 1. The molecule has 0 bridgehead atoms. The molecule has 7 heteroatoms. The van der Waals surface area contributed by atoms with Gasteiger partial charge in [0.05, 0.1) is 16.4 Å². The number of alkyl halides is 3. The largest absolute Gasteiger partial charge is 0.506 e. The van der Waals surface area contributed by atoms with Crippen molar-refractivity contribution in [2.45, 2.75) is 13.1 Å². The molecule has 1 aromatic carbocycles. The summed E-state index contributed by atoms with van der Waals surface area (Å²) < 4.78 is 39.1. The average Bonchev–Trinajstić information content (AvgIpc) is 2.64. The first-order valence-corrected chi connectivity index (χ1v) is 5.29. The van der Waals surface area contributed by atoms with E-state index in [4.69, 9.17) is 11.6 Å². The third-order valence-electron chi connectivity index (χ3n) is 2.30. The molecule has 0 spiro atoms. The van der Waals surface area contributed by atoms with Crippen LogP contribution in [0.2, 0.25) is 5.02 Å². The smallest absolute Gasteiger partial charge is 0.433 e. The van der Waals surface area contributed by atoms with Gasteiger partial charge < -0.3 is 5.11 Å². The van der Waals surface area contributed by atoms with Gasteiger partial charge in [-0.25, -0.2) is 4.68 Å². The Balaban J connectivity index is 2.60. The first-order valence-electron chi connectivity index (χ1n) is 4.92. The van der Waals surface area contributed by atoms with Crippen LogP contribution < -0.4 is 0 Å². The van der Waals surface area contributed by atoms with Crippen molar-refractivity contribution in [3.63, 3.8) is 0 Å². The number of halogens is 4. The lowest BCUT2D eigenvalue weighted by Gasteiger charge is -2.10. The molecule has 0 aliphatic carbocycles. The Morgan fingerprint density at radius 1 is 1.28 bits per heavy atom. The minimum Gasteiger partial charge on any atom is -0.506 e. The predicted molar refractivity (Wildman–Crippen MR) is 60.0 cm³/mol. The quantitative estimate of drug-likeness (QED) is 0.865. The van der Waals surface area contributed by atoms with E-state index in [1.54, 1.807) is 0 Å². The van der Waals surface area contributed by atoms with Crippen molar-refractivity contribution in [1.29, 1.82) is 0 Å². The van der Waals surface area contributed by atoms with Crippen LogP contribution in [0.3, 0.4) is 0 Å². The zero-order valence-electron chi connectivity index (χ0n) is 9.16. The van der Waals surface area contributed by atoms with Crippen LogP contribution in [0.1, 0.15) is 11.4 Å². The predicted octanol–water partition coefficient (Wildman–Crippen LogP) is 3.56. The molecule has 3 nitrogen and oxygen atoms in total. The van der Waals surface area contributed by atoms with Crippen LogP contribution in [0.5, 0.6) is 5.75 Å². The summed E-state index contributed by atoms with van der Waals surface area (Å²) in [4.78, 5) is 0. The SMILES string of the molecule is Cc1cc(C(F)(F)F)n(-c2ccc(O)c(Cl)c2)n1. The molecule has 2 rings (SSSR count). The number of aryl methyl sites for hydroxylation is 1. The number of nitrogens with zero attached hydrogens (tertiary/aromatic N) is 2. The van der Waals surface area contributed by atoms with E-state index in [0.717, 1.165) is 10.7 Å². The molecule has 0 amide bonds. The van der Waals surface area contributed by atoms with Crippen molar-refractivity contribution in [3.05, 3.63) is 40.7 Å². The summed E-state index contributed by atoms with van der Waals surface area (Å²) in [6.45, 7) is 1.47. The molecule has 0 fully saturated rings. The fourth-order valence-corrected chi connectivity index (χ4v) is 1.70. The molecule has 2 aromatic rings. The van der Waals surface area contributed by atoms with Crippen LogP contribution in [-0.4, -0.2) is 14.9 Å². The standard InChI is InChI=1S/C11H8ClF3N2O/c1-6-4-10(11(13,14)15)17(16-6)7-2-3-9(18)8(12)5-7/h2-5,18H,1H3. The Morgan fingerprint density at radius 2 is 1.94 bits per heavy atom. The minimum absolute atomic E-state index is 0.0335. The summed E-state index contributed by atoms with van der Waals surface area (Å²) in [7, 11) is 0. The summed E-state index contributed by atoms with van der Waals surface area (Å²) in [5.74, 6) is -0.196. The zero-order valence-corrected chi connectivity index (χ0v) is 9.92. The fraction of sp³-hybridized carbons (Fsp3) is 0.182. The van der Waals surface area contributed by atoms with Gasteiger partial charge in [0.25, 0.3) is 0 Å². The van der Waals surface area contributed by atoms with E-state index in [0.29, 0.717) is 0 Å². The summed E-state index contributed by atoms with van der Waals surface area (Å²) >= 11 is 5.66. The molecular weight excluding hydrogens is 269 g/mol. The molecule has 1 heterocycles. The molecule has 96 valence electrons. The van der Waals surface area contributed by atoms with Crippen LogP contribution in [0.25, 0.3) is 5.69 Å². The van der Waals surface area contributed by atoms with E-state index in [-0.39, 0.29) is 22.2 Å². The highest BCUT2D eigenvalue weighted by Crippen LogP contribution is 2.33. The van der Waals surface area contributed by atoms with Gasteiger partial charge in [0, 0.05) is 0 Å². The lowest BCUT2D eigenvalue weighted by molar-refractivity contribution is -0.142.